The van der Waals surface area contributed by atoms with Crippen LogP contribution in [0.25, 0.3) is 0 Å². The predicted molar refractivity (Wildman–Crippen MR) is 59.4 cm³/mol. The fourth-order valence-corrected chi connectivity index (χ4v) is 5.04. The Labute approximate surface area is 88.5 Å². The van der Waals surface area contributed by atoms with Crippen LogP contribution in [-0.2, 0) is 0 Å². The van der Waals surface area contributed by atoms with E-state index in [0.717, 1.165) is 0 Å². The molecule has 1 aromatic rings. The molecule has 0 N–H and O–H groups in total. The van der Waals surface area contributed by atoms with Crippen molar-refractivity contribution in [3.63, 3.8) is 0 Å². The fraction of sp³-hybridized carbons (Fsp3) is 0.400. The third kappa shape index (κ3) is 2.58. The van der Waals surface area contributed by atoms with Crippen LogP contribution < -0.4 is 4.35 Å². The Hall–Kier alpha value is -0.822. The molecule has 0 atom stereocenters. The van der Waals surface area contributed by atoms with E-state index in [1.165, 1.54) is 14.8 Å². The van der Waals surface area contributed by atoms with E-state index in [9.17, 15) is 10.1 Å². The third-order valence-corrected chi connectivity index (χ3v) is 7.55. The summed E-state index contributed by atoms with van der Waals surface area (Å²) in [7, 11) is 0. The van der Waals surface area contributed by atoms with Gasteiger partial charge in [-0.2, -0.15) is 0 Å². The summed E-state index contributed by atoms with van der Waals surface area (Å²) in [4.78, 5) is 10.1. The van der Waals surface area contributed by atoms with Crippen molar-refractivity contribution in [3.8, 4) is 0 Å². The van der Waals surface area contributed by atoms with Gasteiger partial charge in [-0.15, -0.1) is 0 Å². The fourth-order valence-electron chi connectivity index (χ4n) is 1.37. The van der Waals surface area contributed by atoms with Crippen LogP contribution in [0, 0.1) is 10.1 Å². The zero-order chi connectivity index (χ0) is 10.6. The first-order valence-electron chi connectivity index (χ1n) is 4.68. The Bertz CT molecular complexity index is 306. The normalized spacial score (nSPS) is 10.5. The first-order chi connectivity index (χ1) is 6.69. The van der Waals surface area contributed by atoms with E-state index in [-0.39, 0.29) is 10.6 Å². The molecule has 0 aliphatic heterocycles. The quantitative estimate of drug-likeness (QED) is 0.471. The molecule has 0 bridgehead atoms. The second kappa shape index (κ2) is 5.16. The summed E-state index contributed by atoms with van der Waals surface area (Å²) in [5.74, 6) is 0. The number of hydrogen-bond donors (Lipinski definition) is 0. The molecule has 76 valence electrons. The number of hydrogen-bond acceptors (Lipinski definition) is 2. The van der Waals surface area contributed by atoms with E-state index >= 15 is 0 Å². The molecule has 0 amide bonds. The standard InChI is InChI=1S/C10H14AsNO2/c1-3-11(4-2)9-5-7-10(8-6-9)12(13)14/h5-8H,3-4H2,1-2H3. The number of nitrogens with zero attached hydrogens (tertiary/aromatic N) is 1. The van der Waals surface area contributed by atoms with Crippen LogP contribution in [0.5, 0.6) is 0 Å². The SMILES string of the molecule is CC[As](CC)c1ccc([N+](=O)[O-])cc1. The third-order valence-electron chi connectivity index (χ3n) is 2.19. The van der Waals surface area contributed by atoms with Crippen LogP contribution in [0.2, 0.25) is 10.4 Å². The predicted octanol–water partition coefficient (Wildman–Crippen LogP) is 2.34. The molecule has 4 heteroatoms. The average molecular weight is 255 g/mol. The van der Waals surface area contributed by atoms with Gasteiger partial charge in [-0.25, -0.2) is 0 Å². The van der Waals surface area contributed by atoms with Gasteiger partial charge in [0.05, 0.1) is 0 Å². The molecule has 0 aliphatic rings. The molecule has 0 radical (unpaired) electrons. The van der Waals surface area contributed by atoms with Gasteiger partial charge in [0, 0.05) is 0 Å². The first-order valence-corrected chi connectivity index (χ1v) is 8.27. The Kier molecular flexibility index (Phi) is 4.15. The van der Waals surface area contributed by atoms with Gasteiger partial charge in [-0.1, -0.05) is 0 Å². The Morgan fingerprint density at radius 3 is 2.07 bits per heavy atom. The second-order valence-electron chi connectivity index (χ2n) is 2.95. The summed E-state index contributed by atoms with van der Waals surface area (Å²) >= 11 is -0.892. The minimum atomic E-state index is -0.892. The van der Waals surface area contributed by atoms with E-state index < -0.39 is 14.7 Å². The van der Waals surface area contributed by atoms with Gasteiger partial charge in [0.25, 0.3) is 0 Å². The molecule has 0 aromatic heterocycles. The summed E-state index contributed by atoms with van der Waals surface area (Å²) in [6.45, 7) is 4.40. The zero-order valence-corrected chi connectivity index (χ0v) is 10.3. The van der Waals surface area contributed by atoms with Gasteiger partial charge in [-0.3, -0.25) is 0 Å². The van der Waals surface area contributed by atoms with Gasteiger partial charge in [0.15, 0.2) is 0 Å². The molecule has 0 aliphatic carbocycles. The van der Waals surface area contributed by atoms with Crippen LogP contribution >= 0.6 is 0 Å². The van der Waals surface area contributed by atoms with Gasteiger partial charge >= 0.3 is 88.3 Å². The monoisotopic (exact) mass is 255 g/mol. The van der Waals surface area contributed by atoms with Crippen LogP contribution in [-0.4, -0.2) is 19.6 Å². The molecule has 0 saturated heterocycles. The number of non-ortho nitro benzene ring substituents is 1. The molecule has 1 aromatic carbocycles. The van der Waals surface area contributed by atoms with E-state index in [0.29, 0.717) is 0 Å². The number of nitro benzene ring substituents is 1. The molecule has 0 heterocycles. The van der Waals surface area contributed by atoms with E-state index in [2.05, 4.69) is 13.8 Å². The van der Waals surface area contributed by atoms with Crippen molar-refractivity contribution >= 4 is 24.7 Å². The molecule has 14 heavy (non-hydrogen) atoms. The van der Waals surface area contributed by atoms with Crippen LogP contribution in [0.4, 0.5) is 5.69 Å². The molecular formula is C10H14AsNO2. The molecular weight excluding hydrogens is 241 g/mol. The van der Waals surface area contributed by atoms with Gasteiger partial charge in [-0.05, 0) is 0 Å². The van der Waals surface area contributed by atoms with Gasteiger partial charge in [0.2, 0.25) is 0 Å². The van der Waals surface area contributed by atoms with E-state index in [1.807, 2.05) is 12.1 Å². The number of rotatable bonds is 4. The Balaban J connectivity index is 2.87. The number of benzene rings is 1. The van der Waals surface area contributed by atoms with Crippen molar-refractivity contribution in [1.82, 2.24) is 0 Å². The van der Waals surface area contributed by atoms with Crippen LogP contribution in [0.15, 0.2) is 24.3 Å². The molecule has 3 nitrogen and oxygen atoms in total. The zero-order valence-electron chi connectivity index (χ0n) is 8.43. The van der Waals surface area contributed by atoms with E-state index in [1.54, 1.807) is 12.1 Å². The van der Waals surface area contributed by atoms with Crippen molar-refractivity contribution in [2.24, 2.45) is 0 Å². The van der Waals surface area contributed by atoms with Crippen molar-refractivity contribution in [2.45, 2.75) is 24.3 Å². The first kappa shape index (κ1) is 11.3. The Morgan fingerprint density at radius 2 is 1.71 bits per heavy atom. The summed E-state index contributed by atoms with van der Waals surface area (Å²) in [5.41, 5.74) is 0.190. The summed E-state index contributed by atoms with van der Waals surface area (Å²) in [5, 5.41) is 12.9. The molecule has 0 saturated carbocycles. The van der Waals surface area contributed by atoms with Crippen LogP contribution in [0.3, 0.4) is 0 Å². The summed E-state index contributed by atoms with van der Waals surface area (Å²) in [6.07, 6.45) is 0. The van der Waals surface area contributed by atoms with Crippen molar-refractivity contribution < 1.29 is 4.92 Å². The average Bonchev–Trinajstić information content (AvgIpc) is 2.20. The van der Waals surface area contributed by atoms with Crippen molar-refractivity contribution in [3.05, 3.63) is 34.4 Å². The van der Waals surface area contributed by atoms with Crippen molar-refractivity contribution in [2.75, 3.05) is 0 Å². The van der Waals surface area contributed by atoms with Gasteiger partial charge < -0.3 is 0 Å². The maximum atomic E-state index is 10.4. The van der Waals surface area contributed by atoms with Gasteiger partial charge in [0.1, 0.15) is 0 Å². The topological polar surface area (TPSA) is 43.1 Å². The second-order valence-corrected chi connectivity index (χ2v) is 8.95. The maximum absolute atomic E-state index is 10.4. The number of nitro groups is 1. The summed E-state index contributed by atoms with van der Waals surface area (Å²) in [6, 6.07) is 7.07. The summed E-state index contributed by atoms with van der Waals surface area (Å²) < 4.78 is 1.34. The molecule has 1 rings (SSSR count). The molecule has 0 spiro atoms. The molecule has 0 unspecified atom stereocenters. The minimum absolute atomic E-state index is 0.190. The Morgan fingerprint density at radius 1 is 1.21 bits per heavy atom. The van der Waals surface area contributed by atoms with Crippen molar-refractivity contribution in [1.29, 1.82) is 0 Å². The molecule has 0 fully saturated rings. The van der Waals surface area contributed by atoms with Crippen LogP contribution in [0.1, 0.15) is 13.8 Å². The van der Waals surface area contributed by atoms with E-state index in [4.69, 9.17) is 0 Å².